The second kappa shape index (κ2) is 7.37. The molecule has 0 atom stereocenters. The van der Waals surface area contributed by atoms with Crippen molar-refractivity contribution in [2.45, 2.75) is 23.5 Å². The smallest absolute Gasteiger partial charge is 0.213 e. The molecule has 0 fully saturated rings. The quantitative estimate of drug-likeness (QED) is 0.779. The van der Waals surface area contributed by atoms with Gasteiger partial charge in [0, 0.05) is 32.1 Å². The Hall–Kier alpha value is -1.44. The van der Waals surface area contributed by atoms with Gasteiger partial charge in [-0.1, -0.05) is 17.7 Å². The van der Waals surface area contributed by atoms with Crippen molar-refractivity contribution in [1.29, 1.82) is 0 Å². The van der Waals surface area contributed by atoms with Crippen molar-refractivity contribution in [2.24, 2.45) is 7.05 Å². The number of nitrogens with one attached hydrogen (secondary N) is 1. The van der Waals surface area contributed by atoms with Crippen LogP contribution in [0.3, 0.4) is 0 Å². The fourth-order valence-corrected chi connectivity index (χ4v) is 2.59. The number of aromatic nitrogens is 4. The molecule has 1 aromatic heterocycles. The summed E-state index contributed by atoms with van der Waals surface area (Å²) < 4.78 is 6.71. The Labute approximate surface area is 122 Å². The molecule has 7 heteroatoms. The molecule has 1 N–H and O–H groups in total. The molecule has 1 aromatic carbocycles. The van der Waals surface area contributed by atoms with Crippen LogP contribution in [0.4, 0.5) is 0 Å². The Balaban J connectivity index is 2.09. The molecule has 0 bridgehead atoms. The zero-order chi connectivity index (χ0) is 14.4. The number of nitrogens with zero attached hydrogens (tertiary/aromatic N) is 4. The molecule has 2 aromatic rings. The highest BCUT2D eigenvalue weighted by molar-refractivity contribution is 7.99. The first-order valence-electron chi connectivity index (χ1n) is 6.40. The van der Waals surface area contributed by atoms with Crippen molar-refractivity contribution in [3.8, 4) is 0 Å². The van der Waals surface area contributed by atoms with Crippen LogP contribution in [0.25, 0.3) is 0 Å². The Bertz CT molecular complexity index is 557. The van der Waals surface area contributed by atoms with Gasteiger partial charge in [-0.2, -0.15) is 0 Å². The standard InChI is InChI=1S/C13H19N5OS/c1-10-4-5-12(20-13-15-16-17-18(13)2)11(8-10)9-14-6-7-19-3/h4-5,8,14H,6-7,9H2,1-3H3. The minimum atomic E-state index is 0.710. The number of hydrogen-bond acceptors (Lipinski definition) is 6. The molecule has 0 aliphatic carbocycles. The van der Waals surface area contributed by atoms with Gasteiger partial charge < -0.3 is 10.1 Å². The Morgan fingerprint density at radius 3 is 2.95 bits per heavy atom. The van der Waals surface area contributed by atoms with E-state index < -0.39 is 0 Å². The highest BCUT2D eigenvalue weighted by atomic mass is 32.2. The largest absolute Gasteiger partial charge is 0.383 e. The molecule has 108 valence electrons. The fraction of sp³-hybridized carbons (Fsp3) is 0.462. The summed E-state index contributed by atoms with van der Waals surface area (Å²) in [5.41, 5.74) is 2.49. The molecule has 6 nitrogen and oxygen atoms in total. The van der Waals surface area contributed by atoms with E-state index in [2.05, 4.69) is 46.0 Å². The lowest BCUT2D eigenvalue weighted by molar-refractivity contribution is 0.199. The van der Waals surface area contributed by atoms with Crippen molar-refractivity contribution in [3.63, 3.8) is 0 Å². The normalized spacial score (nSPS) is 10.9. The molecule has 1 heterocycles. The third kappa shape index (κ3) is 4.03. The van der Waals surface area contributed by atoms with Crippen LogP contribution in [0, 0.1) is 6.92 Å². The van der Waals surface area contributed by atoms with E-state index in [1.54, 1.807) is 23.6 Å². The maximum Gasteiger partial charge on any atom is 0.213 e. The zero-order valence-electron chi connectivity index (χ0n) is 12.0. The highest BCUT2D eigenvalue weighted by Crippen LogP contribution is 2.28. The summed E-state index contributed by atoms with van der Waals surface area (Å²) in [6.07, 6.45) is 0. The van der Waals surface area contributed by atoms with Gasteiger partial charge in [-0.05, 0) is 40.7 Å². The summed E-state index contributed by atoms with van der Waals surface area (Å²) >= 11 is 1.58. The topological polar surface area (TPSA) is 64.9 Å². The summed E-state index contributed by atoms with van der Waals surface area (Å²) in [5.74, 6) is 0. The third-order valence-corrected chi connectivity index (χ3v) is 3.94. The van der Waals surface area contributed by atoms with Gasteiger partial charge in [0.15, 0.2) is 0 Å². The van der Waals surface area contributed by atoms with Crippen molar-refractivity contribution < 1.29 is 4.74 Å². The number of rotatable bonds is 7. The first-order chi connectivity index (χ1) is 9.70. The van der Waals surface area contributed by atoms with E-state index in [1.165, 1.54) is 16.0 Å². The van der Waals surface area contributed by atoms with Gasteiger partial charge in [-0.25, -0.2) is 4.68 Å². The monoisotopic (exact) mass is 293 g/mol. The maximum absolute atomic E-state index is 5.04. The van der Waals surface area contributed by atoms with Gasteiger partial charge in [-0.15, -0.1) is 5.10 Å². The summed E-state index contributed by atoms with van der Waals surface area (Å²) in [6.45, 7) is 4.44. The lowest BCUT2D eigenvalue weighted by Gasteiger charge is -2.10. The van der Waals surface area contributed by atoms with Crippen molar-refractivity contribution >= 4 is 11.8 Å². The molecule has 0 aliphatic heterocycles. The van der Waals surface area contributed by atoms with Gasteiger partial charge in [0.25, 0.3) is 0 Å². The zero-order valence-corrected chi connectivity index (χ0v) is 12.8. The SMILES string of the molecule is COCCNCc1cc(C)ccc1Sc1nnnn1C. The van der Waals surface area contributed by atoms with Gasteiger partial charge in [-0.3, -0.25) is 0 Å². The van der Waals surface area contributed by atoms with Crippen molar-refractivity contribution in [1.82, 2.24) is 25.5 Å². The molecule has 0 aliphatic rings. The third-order valence-electron chi connectivity index (χ3n) is 2.80. The molecule has 0 spiro atoms. The predicted octanol–water partition coefficient (Wildman–Crippen LogP) is 1.41. The average Bonchev–Trinajstić information content (AvgIpc) is 2.83. The molecule has 20 heavy (non-hydrogen) atoms. The van der Waals surface area contributed by atoms with E-state index in [0.29, 0.717) is 6.61 Å². The first kappa shape index (κ1) is 15.0. The van der Waals surface area contributed by atoms with Gasteiger partial charge in [0.1, 0.15) is 0 Å². The Morgan fingerprint density at radius 1 is 1.40 bits per heavy atom. The molecule has 0 saturated heterocycles. The second-order valence-electron chi connectivity index (χ2n) is 4.47. The number of ether oxygens (including phenoxy) is 1. The van der Waals surface area contributed by atoms with Crippen LogP contribution in [0.15, 0.2) is 28.3 Å². The van der Waals surface area contributed by atoms with Crippen LogP contribution in [-0.4, -0.2) is 40.5 Å². The van der Waals surface area contributed by atoms with E-state index in [4.69, 9.17) is 4.74 Å². The second-order valence-corrected chi connectivity index (χ2v) is 5.48. The van der Waals surface area contributed by atoms with E-state index in [9.17, 15) is 0 Å². The summed E-state index contributed by atoms with van der Waals surface area (Å²) in [7, 11) is 3.55. The lowest BCUT2D eigenvalue weighted by Crippen LogP contribution is -2.19. The average molecular weight is 293 g/mol. The number of aryl methyl sites for hydroxylation is 2. The lowest BCUT2D eigenvalue weighted by atomic mass is 10.1. The molecule has 0 saturated carbocycles. The minimum absolute atomic E-state index is 0.710. The van der Waals surface area contributed by atoms with Crippen LogP contribution in [0.5, 0.6) is 0 Å². The van der Waals surface area contributed by atoms with Crippen LogP contribution >= 0.6 is 11.8 Å². The molecular weight excluding hydrogens is 274 g/mol. The van der Waals surface area contributed by atoms with Gasteiger partial charge in [0.05, 0.1) is 6.61 Å². The maximum atomic E-state index is 5.04. The van der Waals surface area contributed by atoms with Crippen molar-refractivity contribution in [2.75, 3.05) is 20.3 Å². The van der Waals surface area contributed by atoms with Crippen molar-refractivity contribution in [3.05, 3.63) is 29.3 Å². The van der Waals surface area contributed by atoms with Crippen LogP contribution in [-0.2, 0) is 18.3 Å². The van der Waals surface area contributed by atoms with E-state index in [0.717, 1.165) is 18.2 Å². The fourth-order valence-electron chi connectivity index (χ4n) is 1.75. The molecule has 0 amide bonds. The van der Waals surface area contributed by atoms with Crippen LogP contribution < -0.4 is 5.32 Å². The molecule has 0 radical (unpaired) electrons. The number of methoxy groups -OCH3 is 1. The number of tetrazole rings is 1. The molecule has 2 rings (SSSR count). The predicted molar refractivity (Wildman–Crippen MR) is 77.7 cm³/mol. The molecular formula is C13H19N5OS. The minimum Gasteiger partial charge on any atom is -0.383 e. The Kier molecular flexibility index (Phi) is 5.51. The van der Waals surface area contributed by atoms with E-state index in [-0.39, 0.29) is 0 Å². The van der Waals surface area contributed by atoms with E-state index >= 15 is 0 Å². The first-order valence-corrected chi connectivity index (χ1v) is 7.21. The molecule has 0 unspecified atom stereocenters. The van der Waals surface area contributed by atoms with Crippen LogP contribution in [0.1, 0.15) is 11.1 Å². The van der Waals surface area contributed by atoms with Gasteiger partial charge in [0.2, 0.25) is 5.16 Å². The summed E-state index contributed by atoms with van der Waals surface area (Å²) in [6, 6.07) is 6.40. The Morgan fingerprint density at radius 2 is 2.25 bits per heavy atom. The van der Waals surface area contributed by atoms with E-state index in [1.807, 2.05) is 7.05 Å². The highest BCUT2D eigenvalue weighted by Gasteiger charge is 2.09. The van der Waals surface area contributed by atoms with Gasteiger partial charge >= 0.3 is 0 Å². The number of hydrogen-bond donors (Lipinski definition) is 1. The van der Waals surface area contributed by atoms with Crippen LogP contribution in [0.2, 0.25) is 0 Å². The summed E-state index contributed by atoms with van der Waals surface area (Å²) in [5, 5.41) is 15.7. The number of benzene rings is 1. The summed E-state index contributed by atoms with van der Waals surface area (Å²) in [4.78, 5) is 1.17.